The first-order valence-electron chi connectivity index (χ1n) is 4.47. The van der Waals surface area contributed by atoms with Gasteiger partial charge in [-0.2, -0.15) is 0 Å². The molecule has 0 N–H and O–H groups in total. The van der Waals surface area contributed by atoms with Crippen LogP contribution in [0.5, 0.6) is 0 Å². The van der Waals surface area contributed by atoms with Crippen LogP contribution in [0.1, 0.15) is 0 Å². The number of rotatable bonds is 4. The molecule has 0 saturated carbocycles. The summed E-state index contributed by atoms with van der Waals surface area (Å²) >= 11 is 1.27. The summed E-state index contributed by atoms with van der Waals surface area (Å²) < 4.78 is 14.4. The van der Waals surface area contributed by atoms with E-state index in [0.717, 1.165) is 5.30 Å². The van der Waals surface area contributed by atoms with Gasteiger partial charge in [-0.3, -0.25) is 4.57 Å². The van der Waals surface area contributed by atoms with Crippen LogP contribution in [0.25, 0.3) is 0 Å². The van der Waals surface area contributed by atoms with Crippen molar-refractivity contribution in [1.82, 2.24) is 4.67 Å². The van der Waals surface area contributed by atoms with Crippen LogP contribution in [-0.4, -0.2) is 18.8 Å². The lowest BCUT2D eigenvalue weighted by Gasteiger charge is -2.22. The summed E-state index contributed by atoms with van der Waals surface area (Å²) in [6.07, 6.45) is 0. The molecule has 80 valence electrons. The highest BCUT2D eigenvalue weighted by atomic mass is 32.7. The van der Waals surface area contributed by atoms with Gasteiger partial charge < -0.3 is 0 Å². The maximum atomic E-state index is 12.7. The zero-order valence-electron chi connectivity index (χ0n) is 8.88. The molecule has 0 aliphatic rings. The molecule has 1 aromatic rings. The average Bonchev–Trinajstić information content (AvgIpc) is 2.27. The Kier molecular flexibility index (Phi) is 4.44. The predicted octanol–water partition coefficient (Wildman–Crippen LogP) is 3.10. The summed E-state index contributed by atoms with van der Waals surface area (Å²) in [5.41, 5.74) is 2.64. The molecule has 2 nitrogen and oxygen atoms in total. The Morgan fingerprint density at radius 3 is 2.47 bits per heavy atom. The highest BCUT2D eigenvalue weighted by Crippen LogP contribution is 2.59. The van der Waals surface area contributed by atoms with Crippen LogP contribution in [0.4, 0.5) is 0 Å². The molecule has 1 rings (SSSR count). The molecule has 0 aliphatic heterocycles. The monoisotopic (exact) mass is 239 g/mol. The van der Waals surface area contributed by atoms with Crippen molar-refractivity contribution in [1.29, 1.82) is 0 Å². The third-order valence-electron chi connectivity index (χ3n) is 1.89. The first kappa shape index (κ1) is 12.4. The fraction of sp³-hybridized carbons (Fsp3) is 0.182. The maximum Gasteiger partial charge on any atom is 0.236 e. The van der Waals surface area contributed by atoms with Crippen molar-refractivity contribution >= 4 is 23.2 Å². The Morgan fingerprint density at radius 2 is 2.00 bits per heavy atom. The minimum Gasteiger partial charge on any atom is -0.289 e. The standard InChI is InChI=1S/C11H14NOPS/c1-4-10-15-14(13,12(2)3)11-8-6-5-7-9-11/h5-10H,1H2,2-3H3. The van der Waals surface area contributed by atoms with Crippen molar-refractivity contribution in [3.05, 3.63) is 48.1 Å². The molecule has 0 fully saturated rings. The highest BCUT2D eigenvalue weighted by Gasteiger charge is 2.26. The van der Waals surface area contributed by atoms with E-state index in [9.17, 15) is 4.57 Å². The van der Waals surface area contributed by atoms with Crippen molar-refractivity contribution in [2.24, 2.45) is 0 Å². The van der Waals surface area contributed by atoms with Gasteiger partial charge in [0.05, 0.1) is 0 Å². The maximum absolute atomic E-state index is 12.7. The van der Waals surface area contributed by atoms with E-state index in [1.807, 2.05) is 44.4 Å². The second-order valence-electron chi connectivity index (χ2n) is 3.13. The summed E-state index contributed by atoms with van der Waals surface area (Å²) in [7, 11) is 3.63. The molecule has 0 aromatic heterocycles. The molecule has 15 heavy (non-hydrogen) atoms. The van der Waals surface area contributed by atoms with Gasteiger partial charge in [0.25, 0.3) is 0 Å². The molecule has 0 heterocycles. The normalized spacial score (nSPS) is 14.3. The highest BCUT2D eigenvalue weighted by molar-refractivity contribution is 8.60. The van der Waals surface area contributed by atoms with Crippen molar-refractivity contribution in [2.45, 2.75) is 0 Å². The number of hydrogen-bond donors (Lipinski definition) is 0. The van der Waals surface area contributed by atoms with Gasteiger partial charge in [-0.15, -0.1) is 5.73 Å². The summed E-state index contributed by atoms with van der Waals surface area (Å²) in [5, 5.41) is 2.49. The topological polar surface area (TPSA) is 20.3 Å². The summed E-state index contributed by atoms with van der Waals surface area (Å²) in [6, 6.07) is 9.46. The van der Waals surface area contributed by atoms with E-state index in [0.29, 0.717) is 0 Å². The van der Waals surface area contributed by atoms with E-state index in [2.05, 4.69) is 12.3 Å². The van der Waals surface area contributed by atoms with Crippen molar-refractivity contribution in [3.8, 4) is 0 Å². The van der Waals surface area contributed by atoms with E-state index in [1.54, 1.807) is 10.1 Å². The summed E-state index contributed by atoms with van der Waals surface area (Å²) in [4.78, 5) is 0. The minimum atomic E-state index is -2.57. The molecule has 0 spiro atoms. The molecule has 1 aromatic carbocycles. The summed E-state index contributed by atoms with van der Waals surface area (Å²) in [6.45, 7) is 0.908. The van der Waals surface area contributed by atoms with Crippen molar-refractivity contribution < 1.29 is 4.57 Å². The lowest BCUT2D eigenvalue weighted by Crippen LogP contribution is -2.15. The van der Waals surface area contributed by atoms with Gasteiger partial charge in [-0.1, -0.05) is 24.8 Å². The average molecular weight is 239 g/mol. The van der Waals surface area contributed by atoms with Crippen molar-refractivity contribution in [2.75, 3.05) is 14.1 Å². The number of benzene rings is 1. The summed E-state index contributed by atoms with van der Waals surface area (Å²) in [5.74, 6) is 0. The number of hydrogen-bond acceptors (Lipinski definition) is 2. The quantitative estimate of drug-likeness (QED) is 0.595. The molecule has 1 atom stereocenters. The zero-order valence-corrected chi connectivity index (χ0v) is 10.6. The fourth-order valence-electron chi connectivity index (χ4n) is 1.11. The van der Waals surface area contributed by atoms with Gasteiger partial charge in [0.1, 0.15) is 0 Å². The third kappa shape index (κ3) is 2.87. The zero-order chi connectivity index (χ0) is 11.3. The molecular formula is C11H14NOPS. The molecule has 0 bridgehead atoms. The molecule has 0 aliphatic carbocycles. The van der Waals surface area contributed by atoms with Crippen LogP contribution in [-0.2, 0) is 4.57 Å². The smallest absolute Gasteiger partial charge is 0.236 e. The van der Waals surface area contributed by atoms with Crippen LogP contribution < -0.4 is 5.30 Å². The van der Waals surface area contributed by atoms with Gasteiger partial charge >= 0.3 is 0 Å². The van der Waals surface area contributed by atoms with Crippen LogP contribution in [0.2, 0.25) is 0 Å². The Bertz CT molecular complexity index is 410. The van der Waals surface area contributed by atoms with Crippen LogP contribution >= 0.6 is 17.9 Å². The van der Waals surface area contributed by atoms with E-state index < -0.39 is 6.49 Å². The van der Waals surface area contributed by atoms with Crippen molar-refractivity contribution in [3.63, 3.8) is 0 Å². The Morgan fingerprint density at radius 1 is 1.40 bits per heavy atom. The Balaban J connectivity index is 3.13. The van der Waals surface area contributed by atoms with E-state index >= 15 is 0 Å². The third-order valence-corrected chi connectivity index (χ3v) is 7.24. The first-order chi connectivity index (χ1) is 7.11. The van der Waals surface area contributed by atoms with Gasteiger partial charge in [-0.25, -0.2) is 4.67 Å². The van der Waals surface area contributed by atoms with Crippen LogP contribution in [0, 0.1) is 0 Å². The molecule has 1 unspecified atom stereocenters. The van der Waals surface area contributed by atoms with E-state index in [4.69, 9.17) is 0 Å². The molecule has 0 amide bonds. The first-order valence-corrected chi connectivity index (χ1v) is 7.62. The molecule has 0 radical (unpaired) electrons. The SMILES string of the molecule is C=C=CSP(=O)(c1ccccc1)N(C)C. The minimum absolute atomic E-state index is 0.839. The van der Waals surface area contributed by atoms with Gasteiger partial charge in [0.15, 0.2) is 0 Å². The Labute approximate surface area is 94.9 Å². The largest absolute Gasteiger partial charge is 0.289 e. The molecule has 4 heteroatoms. The lowest BCUT2D eigenvalue weighted by molar-refractivity contribution is 0.539. The van der Waals surface area contributed by atoms with E-state index in [1.165, 1.54) is 11.4 Å². The van der Waals surface area contributed by atoms with Gasteiger partial charge in [0.2, 0.25) is 6.49 Å². The second kappa shape index (κ2) is 5.39. The number of nitrogens with zero attached hydrogens (tertiary/aromatic N) is 1. The van der Waals surface area contributed by atoms with E-state index in [-0.39, 0.29) is 0 Å². The predicted molar refractivity (Wildman–Crippen MR) is 68.7 cm³/mol. The van der Waals surface area contributed by atoms with Gasteiger partial charge in [0, 0.05) is 10.7 Å². The fourth-order valence-corrected chi connectivity index (χ4v) is 4.60. The van der Waals surface area contributed by atoms with Gasteiger partial charge in [-0.05, 0) is 37.6 Å². The van der Waals surface area contributed by atoms with Crippen LogP contribution in [0.3, 0.4) is 0 Å². The lowest BCUT2D eigenvalue weighted by atomic mass is 10.4. The van der Waals surface area contributed by atoms with Crippen LogP contribution in [0.15, 0.2) is 48.1 Å². The molecule has 0 saturated heterocycles. The Hall–Kier alpha value is -0.720. The molecular weight excluding hydrogens is 225 g/mol. The second-order valence-corrected chi connectivity index (χ2v) is 8.05.